The monoisotopic (exact) mass is 340 g/mol. The SMILES string of the molecule is CSc1nc(-c2ccc(OCCCCC#N)cc2)c(C#N)c(=O)[nH]1. The average molecular weight is 340 g/mol. The van der Waals surface area contributed by atoms with Gasteiger partial charge in [0, 0.05) is 12.0 Å². The molecule has 2 rings (SSSR count). The van der Waals surface area contributed by atoms with Crippen molar-refractivity contribution in [2.45, 2.75) is 24.4 Å². The molecule has 0 saturated carbocycles. The number of rotatable bonds is 7. The molecule has 1 N–H and O–H groups in total. The zero-order chi connectivity index (χ0) is 17.4. The maximum Gasteiger partial charge on any atom is 0.270 e. The van der Waals surface area contributed by atoms with Gasteiger partial charge in [0.15, 0.2) is 5.16 Å². The van der Waals surface area contributed by atoms with Crippen molar-refractivity contribution in [3.05, 3.63) is 40.2 Å². The van der Waals surface area contributed by atoms with E-state index in [1.807, 2.05) is 6.07 Å². The van der Waals surface area contributed by atoms with E-state index in [0.717, 1.165) is 12.8 Å². The first-order valence-electron chi connectivity index (χ1n) is 7.38. The van der Waals surface area contributed by atoms with Crippen molar-refractivity contribution in [1.82, 2.24) is 9.97 Å². The Bertz CT molecular complexity index is 832. The summed E-state index contributed by atoms with van der Waals surface area (Å²) in [7, 11) is 0. The summed E-state index contributed by atoms with van der Waals surface area (Å²) in [5.41, 5.74) is 0.610. The molecule has 6 nitrogen and oxygen atoms in total. The first kappa shape index (κ1) is 17.6. The number of nitrogens with one attached hydrogen (secondary N) is 1. The molecule has 0 saturated heterocycles. The Morgan fingerprint density at radius 1 is 1.25 bits per heavy atom. The van der Waals surface area contributed by atoms with Crippen LogP contribution in [0.2, 0.25) is 0 Å². The van der Waals surface area contributed by atoms with Crippen LogP contribution in [0.1, 0.15) is 24.8 Å². The van der Waals surface area contributed by atoms with Crippen molar-refractivity contribution >= 4 is 11.8 Å². The maximum atomic E-state index is 11.9. The minimum Gasteiger partial charge on any atom is -0.494 e. The van der Waals surface area contributed by atoms with E-state index < -0.39 is 5.56 Å². The molecule has 0 radical (unpaired) electrons. The third-order valence-corrected chi connectivity index (χ3v) is 3.86. The van der Waals surface area contributed by atoms with Crippen LogP contribution in [-0.2, 0) is 0 Å². The molecule has 1 aromatic carbocycles. The van der Waals surface area contributed by atoms with Crippen LogP contribution in [0.5, 0.6) is 5.75 Å². The molecule has 0 aliphatic heterocycles. The summed E-state index contributed by atoms with van der Waals surface area (Å²) in [4.78, 5) is 18.8. The molecule has 0 aliphatic rings. The zero-order valence-corrected chi connectivity index (χ0v) is 14.0. The van der Waals surface area contributed by atoms with Gasteiger partial charge in [0.05, 0.1) is 18.4 Å². The quantitative estimate of drug-likeness (QED) is 0.472. The summed E-state index contributed by atoms with van der Waals surface area (Å²) in [6.45, 7) is 0.546. The Kier molecular flexibility index (Phi) is 6.41. The molecule has 0 fully saturated rings. The second kappa shape index (κ2) is 8.76. The topological polar surface area (TPSA) is 103 Å². The Balaban J connectivity index is 2.17. The number of thioether (sulfide) groups is 1. The van der Waals surface area contributed by atoms with Crippen molar-refractivity contribution in [1.29, 1.82) is 10.5 Å². The zero-order valence-electron chi connectivity index (χ0n) is 13.2. The number of nitrogens with zero attached hydrogens (tertiary/aromatic N) is 3. The van der Waals surface area contributed by atoms with Crippen LogP contribution in [0.25, 0.3) is 11.3 Å². The predicted octanol–water partition coefficient (Wildman–Crippen LogP) is 3.10. The molecule has 1 heterocycles. The third kappa shape index (κ3) is 4.37. The van der Waals surface area contributed by atoms with Gasteiger partial charge in [-0.05, 0) is 43.4 Å². The van der Waals surface area contributed by atoms with E-state index in [0.29, 0.717) is 35.2 Å². The van der Waals surface area contributed by atoms with Crippen LogP contribution in [0.4, 0.5) is 0 Å². The van der Waals surface area contributed by atoms with Crippen LogP contribution < -0.4 is 10.3 Å². The van der Waals surface area contributed by atoms with Gasteiger partial charge in [-0.3, -0.25) is 4.79 Å². The molecule has 1 aromatic heterocycles. The summed E-state index contributed by atoms with van der Waals surface area (Å²) in [6.07, 6.45) is 3.97. The highest BCUT2D eigenvalue weighted by molar-refractivity contribution is 7.98. The van der Waals surface area contributed by atoms with Gasteiger partial charge >= 0.3 is 0 Å². The first-order valence-corrected chi connectivity index (χ1v) is 8.60. The molecule has 0 amide bonds. The number of unbranched alkanes of at least 4 members (excludes halogenated alkanes) is 2. The van der Waals surface area contributed by atoms with Crippen molar-refractivity contribution < 1.29 is 4.74 Å². The summed E-state index contributed by atoms with van der Waals surface area (Å²) >= 11 is 1.31. The lowest BCUT2D eigenvalue weighted by Crippen LogP contribution is -2.14. The van der Waals surface area contributed by atoms with Crippen molar-refractivity contribution in [3.8, 4) is 29.1 Å². The van der Waals surface area contributed by atoms with Crippen LogP contribution in [0.3, 0.4) is 0 Å². The molecule has 0 atom stereocenters. The Morgan fingerprint density at radius 2 is 2.00 bits per heavy atom. The smallest absolute Gasteiger partial charge is 0.270 e. The van der Waals surface area contributed by atoms with Crippen LogP contribution >= 0.6 is 11.8 Å². The van der Waals surface area contributed by atoms with Gasteiger partial charge < -0.3 is 9.72 Å². The highest BCUT2D eigenvalue weighted by atomic mass is 32.2. The van der Waals surface area contributed by atoms with E-state index in [4.69, 9.17) is 10.00 Å². The fourth-order valence-electron chi connectivity index (χ4n) is 2.07. The molecular formula is C17H16N4O2S. The van der Waals surface area contributed by atoms with E-state index in [-0.39, 0.29) is 5.56 Å². The maximum absolute atomic E-state index is 11.9. The second-order valence-corrected chi connectivity index (χ2v) is 5.69. The van der Waals surface area contributed by atoms with E-state index in [2.05, 4.69) is 16.0 Å². The predicted molar refractivity (Wildman–Crippen MR) is 91.7 cm³/mol. The molecule has 0 bridgehead atoms. The largest absolute Gasteiger partial charge is 0.494 e. The van der Waals surface area contributed by atoms with Crippen LogP contribution in [0, 0.1) is 22.7 Å². The van der Waals surface area contributed by atoms with Gasteiger partial charge in [-0.15, -0.1) is 0 Å². The molecule has 0 aliphatic carbocycles. The van der Waals surface area contributed by atoms with Gasteiger partial charge in [0.1, 0.15) is 17.4 Å². The lowest BCUT2D eigenvalue weighted by molar-refractivity contribution is 0.307. The number of ether oxygens (including phenoxy) is 1. The van der Waals surface area contributed by atoms with Gasteiger partial charge in [-0.25, -0.2) is 4.98 Å². The summed E-state index contributed by atoms with van der Waals surface area (Å²) in [5.74, 6) is 0.698. The van der Waals surface area contributed by atoms with Crippen molar-refractivity contribution in [3.63, 3.8) is 0 Å². The lowest BCUT2D eigenvalue weighted by Gasteiger charge is -2.08. The molecule has 0 spiro atoms. The number of hydrogen-bond donors (Lipinski definition) is 1. The van der Waals surface area contributed by atoms with Gasteiger partial charge in [-0.1, -0.05) is 11.8 Å². The Labute approximate surface area is 144 Å². The van der Waals surface area contributed by atoms with E-state index in [9.17, 15) is 10.1 Å². The van der Waals surface area contributed by atoms with Gasteiger partial charge in [-0.2, -0.15) is 10.5 Å². The molecule has 24 heavy (non-hydrogen) atoms. The van der Waals surface area contributed by atoms with Crippen molar-refractivity contribution in [2.24, 2.45) is 0 Å². The molecule has 2 aromatic rings. The van der Waals surface area contributed by atoms with E-state index in [1.165, 1.54) is 11.8 Å². The highest BCUT2D eigenvalue weighted by Crippen LogP contribution is 2.23. The van der Waals surface area contributed by atoms with Crippen LogP contribution in [0.15, 0.2) is 34.2 Å². The van der Waals surface area contributed by atoms with Gasteiger partial charge in [0.2, 0.25) is 0 Å². The summed E-state index contributed by atoms with van der Waals surface area (Å²) in [5, 5.41) is 18.1. The molecule has 0 unspecified atom stereocenters. The normalized spacial score (nSPS) is 9.96. The second-order valence-electron chi connectivity index (χ2n) is 4.90. The number of hydrogen-bond acceptors (Lipinski definition) is 6. The van der Waals surface area contributed by atoms with Gasteiger partial charge in [0.25, 0.3) is 5.56 Å². The molecule has 122 valence electrons. The number of aromatic amines is 1. The first-order chi connectivity index (χ1) is 11.7. The molecule has 7 heteroatoms. The highest BCUT2D eigenvalue weighted by Gasteiger charge is 2.13. The minimum absolute atomic E-state index is 0.00188. The molecular weight excluding hydrogens is 324 g/mol. The standard InChI is InChI=1S/C17H16N4O2S/c1-24-17-20-15(14(11-19)16(22)21-17)12-5-7-13(8-6-12)23-10-4-2-3-9-18/h5-8H,2-4,10H2,1H3,(H,20,21,22). The fourth-order valence-corrected chi connectivity index (χ4v) is 2.44. The summed E-state index contributed by atoms with van der Waals surface area (Å²) < 4.78 is 5.60. The number of benzene rings is 1. The van der Waals surface area contributed by atoms with E-state index in [1.54, 1.807) is 30.5 Å². The fraction of sp³-hybridized carbons (Fsp3) is 0.294. The number of nitriles is 2. The van der Waals surface area contributed by atoms with Crippen LogP contribution in [-0.4, -0.2) is 22.8 Å². The Hall–Kier alpha value is -2.77. The Morgan fingerprint density at radius 3 is 2.62 bits per heavy atom. The third-order valence-electron chi connectivity index (χ3n) is 3.28. The van der Waals surface area contributed by atoms with Crippen molar-refractivity contribution in [2.75, 3.05) is 12.9 Å². The van der Waals surface area contributed by atoms with E-state index >= 15 is 0 Å². The lowest BCUT2D eigenvalue weighted by atomic mass is 10.1. The number of aromatic nitrogens is 2. The number of H-pyrrole nitrogens is 1. The minimum atomic E-state index is -0.440. The average Bonchev–Trinajstić information content (AvgIpc) is 2.61. The summed E-state index contributed by atoms with van der Waals surface area (Å²) in [6, 6.07) is 11.1.